The van der Waals surface area contributed by atoms with E-state index in [0.29, 0.717) is 29.8 Å². The van der Waals surface area contributed by atoms with Gasteiger partial charge in [-0.05, 0) is 37.1 Å². The van der Waals surface area contributed by atoms with E-state index in [1.165, 1.54) is 0 Å². The number of hydrogen-bond acceptors (Lipinski definition) is 4. The summed E-state index contributed by atoms with van der Waals surface area (Å²) in [5, 5.41) is 3.44. The Labute approximate surface area is 135 Å². The average Bonchev–Trinajstić information content (AvgIpc) is 3.03. The Hall–Kier alpha value is -1.30. The second-order valence-electron chi connectivity index (χ2n) is 5.25. The summed E-state index contributed by atoms with van der Waals surface area (Å²) in [5.74, 6) is 1.02. The van der Waals surface area contributed by atoms with Crippen LogP contribution in [-0.2, 0) is 14.3 Å². The summed E-state index contributed by atoms with van der Waals surface area (Å²) in [5.41, 5.74) is 0. The minimum atomic E-state index is -0.140. The topological polar surface area (TPSA) is 56.8 Å². The molecule has 1 aliphatic heterocycles. The second kappa shape index (κ2) is 9.66. The van der Waals surface area contributed by atoms with Crippen molar-refractivity contribution in [1.82, 2.24) is 5.32 Å². The van der Waals surface area contributed by atoms with Crippen LogP contribution >= 0.6 is 11.6 Å². The van der Waals surface area contributed by atoms with Gasteiger partial charge in [0.05, 0.1) is 13.2 Å². The molecule has 1 N–H and O–H groups in total. The molecule has 1 fully saturated rings. The molecule has 1 heterocycles. The highest BCUT2D eigenvalue weighted by Gasteiger charge is 2.15. The van der Waals surface area contributed by atoms with Crippen molar-refractivity contribution in [3.05, 3.63) is 29.3 Å². The lowest BCUT2D eigenvalue weighted by Gasteiger charge is -2.09. The highest BCUT2D eigenvalue weighted by atomic mass is 35.5. The van der Waals surface area contributed by atoms with Crippen molar-refractivity contribution in [2.24, 2.45) is 5.92 Å². The van der Waals surface area contributed by atoms with E-state index in [0.717, 1.165) is 32.7 Å². The molecule has 1 saturated heterocycles. The first-order chi connectivity index (χ1) is 10.7. The average molecular weight is 328 g/mol. The van der Waals surface area contributed by atoms with E-state index >= 15 is 0 Å². The van der Waals surface area contributed by atoms with Gasteiger partial charge in [0.1, 0.15) is 5.75 Å². The first-order valence-electron chi connectivity index (χ1n) is 7.54. The summed E-state index contributed by atoms with van der Waals surface area (Å²) in [7, 11) is 0. The van der Waals surface area contributed by atoms with Gasteiger partial charge in [-0.15, -0.1) is 0 Å². The Balaban J connectivity index is 1.46. The number of benzene rings is 1. The summed E-state index contributed by atoms with van der Waals surface area (Å²) >= 11 is 5.77. The van der Waals surface area contributed by atoms with Gasteiger partial charge in [0.25, 0.3) is 5.91 Å². The van der Waals surface area contributed by atoms with E-state index in [9.17, 15) is 4.79 Å². The molecule has 22 heavy (non-hydrogen) atoms. The van der Waals surface area contributed by atoms with Crippen molar-refractivity contribution in [3.8, 4) is 5.75 Å². The predicted molar refractivity (Wildman–Crippen MR) is 84.3 cm³/mol. The summed E-state index contributed by atoms with van der Waals surface area (Å²) < 4.78 is 16.2. The summed E-state index contributed by atoms with van der Waals surface area (Å²) in [6, 6.07) is 6.91. The third kappa shape index (κ3) is 6.64. The van der Waals surface area contributed by atoms with Crippen LogP contribution in [0.25, 0.3) is 0 Å². The van der Waals surface area contributed by atoms with Crippen molar-refractivity contribution in [2.45, 2.75) is 12.8 Å². The van der Waals surface area contributed by atoms with Gasteiger partial charge < -0.3 is 19.5 Å². The van der Waals surface area contributed by atoms with Crippen LogP contribution < -0.4 is 10.1 Å². The molecule has 0 spiro atoms. The molecule has 1 atom stereocenters. The van der Waals surface area contributed by atoms with Crippen molar-refractivity contribution < 1.29 is 19.0 Å². The number of rotatable bonds is 9. The molecule has 1 amide bonds. The van der Waals surface area contributed by atoms with Gasteiger partial charge in [0.15, 0.2) is 6.61 Å². The fourth-order valence-corrected chi connectivity index (χ4v) is 2.22. The van der Waals surface area contributed by atoms with Gasteiger partial charge in [-0.25, -0.2) is 0 Å². The van der Waals surface area contributed by atoms with Crippen molar-refractivity contribution in [2.75, 3.05) is 39.6 Å². The monoisotopic (exact) mass is 327 g/mol. The fourth-order valence-electron chi connectivity index (χ4n) is 2.10. The van der Waals surface area contributed by atoms with E-state index in [-0.39, 0.29) is 12.5 Å². The highest BCUT2D eigenvalue weighted by molar-refractivity contribution is 6.30. The molecule has 2 rings (SSSR count). The zero-order valence-corrected chi connectivity index (χ0v) is 13.3. The standard InChI is InChI=1S/C16H22ClNO4/c17-14-2-4-15(5-3-14)22-12-16(19)18-7-1-8-20-10-13-6-9-21-11-13/h2-5,13H,1,6-12H2,(H,18,19). The SMILES string of the molecule is O=C(COc1ccc(Cl)cc1)NCCCOCC1CCOC1. The lowest BCUT2D eigenvalue weighted by Crippen LogP contribution is -2.30. The number of carbonyl (C=O) groups is 1. The molecule has 1 unspecified atom stereocenters. The first-order valence-corrected chi connectivity index (χ1v) is 7.92. The quantitative estimate of drug-likeness (QED) is 0.707. The van der Waals surface area contributed by atoms with E-state index in [1.54, 1.807) is 24.3 Å². The van der Waals surface area contributed by atoms with Gasteiger partial charge in [-0.1, -0.05) is 11.6 Å². The number of ether oxygens (including phenoxy) is 3. The Morgan fingerprint density at radius 3 is 2.91 bits per heavy atom. The molecule has 0 saturated carbocycles. The predicted octanol–water partition coefficient (Wildman–Crippen LogP) is 2.28. The largest absolute Gasteiger partial charge is 0.484 e. The van der Waals surface area contributed by atoms with Crippen LogP contribution in [0.2, 0.25) is 5.02 Å². The zero-order chi connectivity index (χ0) is 15.6. The molecular weight excluding hydrogens is 306 g/mol. The van der Waals surface area contributed by atoms with Gasteiger partial charge in [-0.3, -0.25) is 4.79 Å². The van der Waals surface area contributed by atoms with Crippen molar-refractivity contribution in [1.29, 1.82) is 0 Å². The molecule has 0 aromatic heterocycles. The Bertz CT molecular complexity index is 446. The summed E-state index contributed by atoms with van der Waals surface area (Å²) in [6.45, 7) is 3.63. The van der Waals surface area contributed by atoms with Crippen LogP contribution in [0.15, 0.2) is 24.3 Å². The van der Waals surface area contributed by atoms with Crippen LogP contribution in [0.4, 0.5) is 0 Å². The summed E-state index contributed by atoms with van der Waals surface area (Å²) in [6.07, 6.45) is 1.87. The molecule has 122 valence electrons. The minimum Gasteiger partial charge on any atom is -0.484 e. The number of hydrogen-bond donors (Lipinski definition) is 1. The number of carbonyl (C=O) groups excluding carboxylic acids is 1. The smallest absolute Gasteiger partial charge is 0.257 e. The van der Waals surface area contributed by atoms with Crippen molar-refractivity contribution >= 4 is 17.5 Å². The number of amides is 1. The minimum absolute atomic E-state index is 0.00189. The number of halogens is 1. The van der Waals surface area contributed by atoms with Crippen LogP contribution in [0.3, 0.4) is 0 Å². The maximum atomic E-state index is 11.6. The number of nitrogens with one attached hydrogen (secondary N) is 1. The van der Waals surface area contributed by atoms with Crippen LogP contribution in [0.1, 0.15) is 12.8 Å². The van der Waals surface area contributed by atoms with Gasteiger partial charge in [-0.2, -0.15) is 0 Å². The van der Waals surface area contributed by atoms with Crippen molar-refractivity contribution in [3.63, 3.8) is 0 Å². The first kappa shape index (κ1) is 17.1. The normalized spacial score (nSPS) is 17.4. The Morgan fingerprint density at radius 2 is 2.18 bits per heavy atom. The maximum absolute atomic E-state index is 11.6. The maximum Gasteiger partial charge on any atom is 0.257 e. The summed E-state index contributed by atoms with van der Waals surface area (Å²) in [4.78, 5) is 11.6. The molecule has 1 aliphatic rings. The van der Waals surface area contributed by atoms with E-state index in [1.807, 2.05) is 0 Å². The fraction of sp³-hybridized carbons (Fsp3) is 0.562. The van der Waals surface area contributed by atoms with Crippen LogP contribution in [0.5, 0.6) is 5.75 Å². The third-order valence-electron chi connectivity index (χ3n) is 3.35. The molecule has 6 heteroatoms. The van der Waals surface area contributed by atoms with Crippen LogP contribution in [-0.4, -0.2) is 45.5 Å². The second-order valence-corrected chi connectivity index (χ2v) is 5.69. The highest BCUT2D eigenvalue weighted by Crippen LogP contribution is 2.15. The molecule has 0 radical (unpaired) electrons. The molecule has 1 aromatic rings. The zero-order valence-electron chi connectivity index (χ0n) is 12.6. The Morgan fingerprint density at radius 1 is 1.36 bits per heavy atom. The Kier molecular flexibility index (Phi) is 7.49. The van der Waals surface area contributed by atoms with Gasteiger partial charge in [0.2, 0.25) is 0 Å². The van der Waals surface area contributed by atoms with Gasteiger partial charge >= 0.3 is 0 Å². The van der Waals surface area contributed by atoms with Crippen LogP contribution in [0, 0.1) is 5.92 Å². The van der Waals surface area contributed by atoms with E-state index in [4.69, 9.17) is 25.8 Å². The van der Waals surface area contributed by atoms with E-state index in [2.05, 4.69) is 5.32 Å². The molecular formula is C16H22ClNO4. The molecule has 5 nitrogen and oxygen atoms in total. The lowest BCUT2D eigenvalue weighted by molar-refractivity contribution is -0.123. The molecule has 1 aromatic carbocycles. The molecule has 0 aliphatic carbocycles. The molecule has 0 bridgehead atoms. The van der Waals surface area contributed by atoms with Gasteiger partial charge in [0, 0.05) is 30.7 Å². The third-order valence-corrected chi connectivity index (χ3v) is 3.60. The van der Waals surface area contributed by atoms with E-state index < -0.39 is 0 Å². The lowest BCUT2D eigenvalue weighted by atomic mass is 10.1.